The maximum Gasteiger partial charge on any atom is 0.191 e. The molecule has 19 heavy (non-hydrogen) atoms. The van der Waals surface area contributed by atoms with Crippen molar-refractivity contribution >= 4 is 29.9 Å². The maximum absolute atomic E-state index is 8.80. The van der Waals surface area contributed by atoms with Gasteiger partial charge in [-0.25, -0.2) is 0 Å². The molecular formula is C13H27IN4O. The molecule has 0 radical (unpaired) electrons. The molecular weight excluding hydrogens is 355 g/mol. The lowest BCUT2D eigenvalue weighted by molar-refractivity contribution is 0.242. The van der Waals surface area contributed by atoms with Gasteiger partial charge in [0.15, 0.2) is 5.96 Å². The molecule has 1 saturated heterocycles. The minimum absolute atomic E-state index is 0. The van der Waals surface area contributed by atoms with Crippen LogP contribution in [-0.4, -0.2) is 61.3 Å². The summed E-state index contributed by atoms with van der Waals surface area (Å²) in [5.74, 6) is 0.808. The van der Waals surface area contributed by atoms with E-state index in [1.54, 1.807) is 7.05 Å². The van der Waals surface area contributed by atoms with Crippen molar-refractivity contribution in [1.82, 2.24) is 15.5 Å². The topological polar surface area (TPSA) is 59.9 Å². The SMILES string of the molecule is CN=C(NCCO)NC1CCN(C2CCCC2)C1.I. The van der Waals surface area contributed by atoms with Crippen LogP contribution in [0.25, 0.3) is 0 Å². The van der Waals surface area contributed by atoms with E-state index in [1.165, 1.54) is 38.6 Å². The Balaban J connectivity index is 0.00000180. The second kappa shape index (κ2) is 8.97. The van der Waals surface area contributed by atoms with Gasteiger partial charge in [-0.05, 0) is 19.3 Å². The van der Waals surface area contributed by atoms with Gasteiger partial charge in [-0.15, -0.1) is 24.0 Å². The van der Waals surface area contributed by atoms with Gasteiger partial charge in [0.05, 0.1) is 6.61 Å². The molecule has 1 aliphatic carbocycles. The molecule has 0 aromatic heterocycles. The molecule has 1 unspecified atom stereocenters. The first kappa shape index (κ1) is 17.0. The van der Waals surface area contributed by atoms with Gasteiger partial charge in [0.25, 0.3) is 0 Å². The van der Waals surface area contributed by atoms with Gasteiger partial charge >= 0.3 is 0 Å². The number of hydrogen-bond acceptors (Lipinski definition) is 3. The Kier molecular flexibility index (Phi) is 8.01. The average Bonchev–Trinajstić information content (AvgIpc) is 3.04. The van der Waals surface area contributed by atoms with Gasteiger partial charge in [0.1, 0.15) is 0 Å². The molecule has 1 aliphatic heterocycles. The molecule has 2 rings (SSSR count). The summed E-state index contributed by atoms with van der Waals surface area (Å²) >= 11 is 0. The minimum atomic E-state index is 0. The first-order valence-corrected chi connectivity index (χ1v) is 7.15. The van der Waals surface area contributed by atoms with Gasteiger partial charge in [0, 0.05) is 38.8 Å². The number of aliphatic hydroxyl groups is 1. The monoisotopic (exact) mass is 382 g/mol. The predicted molar refractivity (Wildman–Crippen MR) is 89.2 cm³/mol. The Hall–Kier alpha value is -0.0800. The van der Waals surface area contributed by atoms with E-state index in [4.69, 9.17) is 5.11 Å². The number of halogens is 1. The van der Waals surface area contributed by atoms with E-state index >= 15 is 0 Å². The van der Waals surface area contributed by atoms with Crippen LogP contribution in [0.15, 0.2) is 4.99 Å². The van der Waals surface area contributed by atoms with E-state index < -0.39 is 0 Å². The first-order chi connectivity index (χ1) is 8.83. The zero-order valence-electron chi connectivity index (χ0n) is 11.8. The van der Waals surface area contributed by atoms with Crippen LogP contribution in [0.1, 0.15) is 32.1 Å². The highest BCUT2D eigenvalue weighted by molar-refractivity contribution is 14.0. The largest absolute Gasteiger partial charge is 0.395 e. The molecule has 112 valence electrons. The van der Waals surface area contributed by atoms with E-state index in [0.29, 0.717) is 12.6 Å². The Labute approximate surface area is 133 Å². The van der Waals surface area contributed by atoms with Crippen molar-refractivity contribution in [1.29, 1.82) is 0 Å². The average molecular weight is 382 g/mol. The van der Waals surface area contributed by atoms with E-state index in [0.717, 1.165) is 18.5 Å². The van der Waals surface area contributed by atoms with Crippen LogP contribution in [0.3, 0.4) is 0 Å². The molecule has 0 spiro atoms. The second-order valence-corrected chi connectivity index (χ2v) is 5.29. The van der Waals surface area contributed by atoms with E-state index in [1.807, 2.05) is 0 Å². The van der Waals surface area contributed by atoms with Crippen molar-refractivity contribution in [2.45, 2.75) is 44.2 Å². The van der Waals surface area contributed by atoms with E-state index in [9.17, 15) is 0 Å². The van der Waals surface area contributed by atoms with Crippen LogP contribution in [0.2, 0.25) is 0 Å². The highest BCUT2D eigenvalue weighted by Gasteiger charge is 2.30. The summed E-state index contributed by atoms with van der Waals surface area (Å²) in [5, 5.41) is 15.3. The number of rotatable bonds is 4. The highest BCUT2D eigenvalue weighted by Crippen LogP contribution is 2.26. The van der Waals surface area contributed by atoms with Crippen LogP contribution in [0.4, 0.5) is 0 Å². The van der Waals surface area contributed by atoms with Crippen LogP contribution in [-0.2, 0) is 0 Å². The van der Waals surface area contributed by atoms with Crippen LogP contribution in [0.5, 0.6) is 0 Å². The molecule has 1 atom stereocenters. The lowest BCUT2D eigenvalue weighted by Gasteiger charge is -2.24. The number of likely N-dealkylation sites (tertiary alicyclic amines) is 1. The summed E-state index contributed by atoms with van der Waals surface area (Å²) in [6, 6.07) is 1.32. The van der Waals surface area contributed by atoms with Gasteiger partial charge < -0.3 is 15.7 Å². The van der Waals surface area contributed by atoms with Gasteiger partial charge in [-0.3, -0.25) is 9.89 Å². The number of nitrogens with zero attached hydrogens (tertiary/aromatic N) is 2. The molecule has 1 saturated carbocycles. The standard InChI is InChI=1S/C13H26N4O.HI/c1-14-13(15-7-9-18)16-11-6-8-17(10-11)12-4-2-3-5-12;/h11-12,18H,2-10H2,1H3,(H2,14,15,16);1H. The number of guanidine groups is 1. The fourth-order valence-corrected chi connectivity index (χ4v) is 3.07. The zero-order chi connectivity index (χ0) is 12.8. The number of nitrogens with one attached hydrogen (secondary N) is 2. The molecule has 3 N–H and O–H groups in total. The maximum atomic E-state index is 8.80. The highest BCUT2D eigenvalue weighted by atomic mass is 127. The summed E-state index contributed by atoms with van der Waals surface area (Å²) in [7, 11) is 1.77. The van der Waals surface area contributed by atoms with Crippen molar-refractivity contribution in [2.24, 2.45) is 4.99 Å². The third-order valence-corrected chi connectivity index (χ3v) is 4.03. The molecule has 0 aromatic rings. The molecule has 0 amide bonds. The van der Waals surface area contributed by atoms with Crippen LogP contribution >= 0.6 is 24.0 Å². The fraction of sp³-hybridized carbons (Fsp3) is 0.923. The van der Waals surface area contributed by atoms with Gasteiger partial charge in [-0.2, -0.15) is 0 Å². The smallest absolute Gasteiger partial charge is 0.191 e. The molecule has 5 nitrogen and oxygen atoms in total. The molecule has 2 aliphatic rings. The lowest BCUT2D eigenvalue weighted by Crippen LogP contribution is -2.45. The van der Waals surface area contributed by atoms with Crippen molar-refractivity contribution in [3.63, 3.8) is 0 Å². The summed E-state index contributed by atoms with van der Waals surface area (Å²) < 4.78 is 0. The lowest BCUT2D eigenvalue weighted by atomic mass is 10.2. The number of hydrogen-bond donors (Lipinski definition) is 3. The predicted octanol–water partition coefficient (Wildman–Crippen LogP) is 0.779. The Morgan fingerprint density at radius 2 is 2.05 bits per heavy atom. The van der Waals surface area contributed by atoms with Crippen molar-refractivity contribution in [2.75, 3.05) is 33.3 Å². The molecule has 1 heterocycles. The molecule has 0 aromatic carbocycles. The van der Waals surface area contributed by atoms with Crippen molar-refractivity contribution in [3.8, 4) is 0 Å². The van der Waals surface area contributed by atoms with Crippen LogP contribution < -0.4 is 10.6 Å². The first-order valence-electron chi connectivity index (χ1n) is 7.15. The third kappa shape index (κ3) is 5.07. The molecule has 6 heteroatoms. The third-order valence-electron chi connectivity index (χ3n) is 4.03. The number of aliphatic imine (C=N–C) groups is 1. The molecule has 0 bridgehead atoms. The Bertz CT molecular complexity index is 282. The quantitative estimate of drug-likeness (QED) is 0.382. The summed E-state index contributed by atoms with van der Waals surface area (Å²) in [4.78, 5) is 6.81. The van der Waals surface area contributed by atoms with Gasteiger partial charge in [-0.1, -0.05) is 12.8 Å². The summed E-state index contributed by atoms with van der Waals surface area (Å²) in [6.07, 6.45) is 6.75. The summed E-state index contributed by atoms with van der Waals surface area (Å²) in [6.45, 7) is 3.03. The second-order valence-electron chi connectivity index (χ2n) is 5.29. The fourth-order valence-electron chi connectivity index (χ4n) is 3.07. The normalized spacial score (nSPS) is 25.4. The Morgan fingerprint density at radius 1 is 1.32 bits per heavy atom. The van der Waals surface area contributed by atoms with Crippen molar-refractivity contribution in [3.05, 3.63) is 0 Å². The number of aliphatic hydroxyl groups excluding tert-OH is 1. The van der Waals surface area contributed by atoms with Crippen molar-refractivity contribution < 1.29 is 5.11 Å². The Morgan fingerprint density at radius 3 is 2.68 bits per heavy atom. The molecule has 2 fully saturated rings. The zero-order valence-corrected chi connectivity index (χ0v) is 14.1. The van der Waals surface area contributed by atoms with Gasteiger partial charge in [0.2, 0.25) is 0 Å². The van der Waals surface area contributed by atoms with Crippen LogP contribution in [0, 0.1) is 0 Å². The van der Waals surface area contributed by atoms with E-state index in [2.05, 4.69) is 20.5 Å². The van der Waals surface area contributed by atoms with E-state index in [-0.39, 0.29) is 30.6 Å². The summed E-state index contributed by atoms with van der Waals surface area (Å²) in [5.41, 5.74) is 0. The minimum Gasteiger partial charge on any atom is -0.395 e.